The number of anilines is 2. The van der Waals surface area contributed by atoms with Gasteiger partial charge in [0.25, 0.3) is 0 Å². The first-order valence-electron chi connectivity index (χ1n) is 4.79. The zero-order valence-corrected chi connectivity index (χ0v) is 11.7. The van der Waals surface area contributed by atoms with Crippen LogP contribution in [0.15, 0.2) is 22.7 Å². The van der Waals surface area contributed by atoms with Gasteiger partial charge in [-0.15, -0.1) is 0 Å². The van der Waals surface area contributed by atoms with Crippen LogP contribution in [0.1, 0.15) is 13.8 Å². The Morgan fingerprint density at radius 1 is 1.47 bits per heavy atom. The second-order valence-corrected chi connectivity index (χ2v) is 6.48. The van der Waals surface area contributed by atoms with Crippen LogP contribution in [0.25, 0.3) is 0 Å². The zero-order valence-electron chi connectivity index (χ0n) is 9.30. The van der Waals surface area contributed by atoms with Crippen molar-refractivity contribution in [2.24, 2.45) is 0 Å². The Morgan fingerprint density at radius 2 is 2.13 bits per heavy atom. The minimum absolute atomic E-state index is 0.222. The van der Waals surface area contributed by atoms with E-state index in [1.54, 1.807) is 0 Å². The van der Waals surface area contributed by atoms with Crippen LogP contribution >= 0.6 is 27.7 Å². The van der Waals surface area contributed by atoms with Crippen molar-refractivity contribution in [3.05, 3.63) is 22.7 Å². The molecule has 15 heavy (non-hydrogen) atoms. The van der Waals surface area contributed by atoms with Crippen LogP contribution in [-0.2, 0) is 0 Å². The van der Waals surface area contributed by atoms with E-state index in [1.807, 2.05) is 30.0 Å². The van der Waals surface area contributed by atoms with Gasteiger partial charge in [-0.25, -0.2) is 0 Å². The minimum atomic E-state index is 0.222. The number of nitrogen functional groups attached to an aromatic ring is 1. The predicted octanol–water partition coefficient (Wildman–Crippen LogP) is 3.58. The molecule has 0 aliphatic heterocycles. The topological polar surface area (TPSA) is 38.0 Å². The third kappa shape index (κ3) is 3.95. The van der Waals surface area contributed by atoms with Crippen LogP contribution in [-0.4, -0.2) is 17.5 Å². The molecule has 0 saturated heterocycles. The Labute approximate surface area is 104 Å². The molecule has 1 aromatic carbocycles. The van der Waals surface area contributed by atoms with Gasteiger partial charge in [0.2, 0.25) is 0 Å². The number of rotatable bonds is 4. The van der Waals surface area contributed by atoms with Crippen molar-refractivity contribution in [2.75, 3.05) is 23.9 Å². The normalized spacial score (nSPS) is 11.5. The van der Waals surface area contributed by atoms with E-state index in [9.17, 15) is 0 Å². The lowest BCUT2D eigenvalue weighted by Gasteiger charge is -2.23. The van der Waals surface area contributed by atoms with Crippen LogP contribution in [0, 0.1) is 0 Å². The maximum Gasteiger partial charge on any atom is 0.0575 e. The standard InChI is InChI=1S/C11H17BrN2S/c1-11(2,15-3)7-14-10-5-4-8(12)6-9(10)13/h4-6,14H,7,13H2,1-3H3. The summed E-state index contributed by atoms with van der Waals surface area (Å²) in [6, 6.07) is 5.90. The highest BCUT2D eigenvalue weighted by molar-refractivity contribution is 9.10. The number of nitrogens with one attached hydrogen (secondary N) is 1. The van der Waals surface area contributed by atoms with Crippen LogP contribution in [0.3, 0.4) is 0 Å². The van der Waals surface area contributed by atoms with Gasteiger partial charge < -0.3 is 11.1 Å². The second-order valence-electron chi connectivity index (χ2n) is 4.05. The number of hydrogen-bond acceptors (Lipinski definition) is 3. The van der Waals surface area contributed by atoms with E-state index < -0.39 is 0 Å². The van der Waals surface area contributed by atoms with E-state index in [2.05, 4.69) is 41.3 Å². The molecule has 0 radical (unpaired) electrons. The van der Waals surface area contributed by atoms with E-state index in [1.165, 1.54) is 0 Å². The fourth-order valence-corrected chi connectivity index (χ4v) is 1.67. The van der Waals surface area contributed by atoms with Crippen molar-refractivity contribution in [3.8, 4) is 0 Å². The summed E-state index contributed by atoms with van der Waals surface area (Å²) in [5.74, 6) is 0. The number of halogens is 1. The largest absolute Gasteiger partial charge is 0.397 e. The Hall–Kier alpha value is -0.350. The smallest absolute Gasteiger partial charge is 0.0575 e. The molecule has 0 heterocycles. The predicted molar refractivity (Wildman–Crippen MR) is 74.6 cm³/mol. The van der Waals surface area contributed by atoms with Crippen LogP contribution in [0.5, 0.6) is 0 Å². The Bertz CT molecular complexity index is 339. The molecule has 0 unspecified atom stereocenters. The summed E-state index contributed by atoms with van der Waals surface area (Å²) in [5.41, 5.74) is 7.67. The third-order valence-corrected chi connectivity index (χ3v) is 4.01. The van der Waals surface area contributed by atoms with Gasteiger partial charge in [0.05, 0.1) is 11.4 Å². The summed E-state index contributed by atoms with van der Waals surface area (Å²) >= 11 is 5.23. The molecule has 0 saturated carbocycles. The highest BCUT2D eigenvalue weighted by Gasteiger charge is 2.15. The molecule has 84 valence electrons. The van der Waals surface area contributed by atoms with Crippen molar-refractivity contribution < 1.29 is 0 Å². The first kappa shape index (κ1) is 12.7. The van der Waals surface area contributed by atoms with Gasteiger partial charge in [0, 0.05) is 15.8 Å². The molecule has 1 rings (SSSR count). The van der Waals surface area contributed by atoms with Gasteiger partial charge in [0.1, 0.15) is 0 Å². The molecule has 0 atom stereocenters. The van der Waals surface area contributed by atoms with E-state index in [-0.39, 0.29) is 4.75 Å². The molecule has 0 aliphatic rings. The molecule has 0 spiro atoms. The summed E-state index contributed by atoms with van der Waals surface area (Å²) in [5, 5.41) is 3.36. The molecule has 3 N–H and O–H groups in total. The fourth-order valence-electron chi connectivity index (χ4n) is 1.07. The van der Waals surface area contributed by atoms with E-state index >= 15 is 0 Å². The maximum atomic E-state index is 5.89. The van der Waals surface area contributed by atoms with Crippen LogP contribution in [0.2, 0.25) is 0 Å². The first-order valence-corrected chi connectivity index (χ1v) is 6.80. The molecule has 0 aromatic heterocycles. The van der Waals surface area contributed by atoms with E-state index in [0.29, 0.717) is 0 Å². The third-order valence-electron chi connectivity index (χ3n) is 2.27. The zero-order chi connectivity index (χ0) is 11.5. The number of nitrogens with two attached hydrogens (primary N) is 1. The number of hydrogen-bond donors (Lipinski definition) is 2. The molecular formula is C11H17BrN2S. The molecule has 0 aliphatic carbocycles. The van der Waals surface area contributed by atoms with Gasteiger partial charge in [-0.2, -0.15) is 11.8 Å². The molecule has 0 amide bonds. The SMILES string of the molecule is CSC(C)(C)CNc1ccc(Br)cc1N. The quantitative estimate of drug-likeness (QED) is 0.832. The summed E-state index contributed by atoms with van der Waals surface area (Å²) < 4.78 is 1.23. The lowest BCUT2D eigenvalue weighted by molar-refractivity contribution is 0.753. The average molecular weight is 289 g/mol. The van der Waals surface area contributed by atoms with Crippen LogP contribution < -0.4 is 11.1 Å². The Balaban J connectivity index is 2.66. The highest BCUT2D eigenvalue weighted by atomic mass is 79.9. The van der Waals surface area contributed by atoms with Crippen molar-refractivity contribution in [3.63, 3.8) is 0 Å². The number of thioether (sulfide) groups is 1. The summed E-state index contributed by atoms with van der Waals surface area (Å²) in [4.78, 5) is 0. The lowest BCUT2D eigenvalue weighted by atomic mass is 10.2. The van der Waals surface area contributed by atoms with Crippen molar-refractivity contribution in [1.82, 2.24) is 0 Å². The Kier molecular flexibility index (Phi) is 4.34. The molecule has 4 heteroatoms. The summed E-state index contributed by atoms with van der Waals surface area (Å²) in [6.07, 6.45) is 2.12. The van der Waals surface area contributed by atoms with E-state index in [4.69, 9.17) is 5.73 Å². The Morgan fingerprint density at radius 3 is 2.67 bits per heavy atom. The highest BCUT2D eigenvalue weighted by Crippen LogP contribution is 2.26. The summed E-state index contributed by atoms with van der Waals surface area (Å²) in [7, 11) is 0. The summed E-state index contributed by atoms with van der Waals surface area (Å²) in [6.45, 7) is 5.32. The number of benzene rings is 1. The monoisotopic (exact) mass is 288 g/mol. The van der Waals surface area contributed by atoms with Gasteiger partial charge in [-0.05, 0) is 38.3 Å². The molecule has 0 fully saturated rings. The fraction of sp³-hybridized carbons (Fsp3) is 0.455. The van der Waals surface area contributed by atoms with Crippen molar-refractivity contribution in [1.29, 1.82) is 0 Å². The van der Waals surface area contributed by atoms with Crippen LogP contribution in [0.4, 0.5) is 11.4 Å². The molecule has 1 aromatic rings. The van der Waals surface area contributed by atoms with Crippen molar-refractivity contribution >= 4 is 39.1 Å². The average Bonchev–Trinajstić information content (AvgIpc) is 2.16. The molecular weight excluding hydrogens is 272 g/mol. The van der Waals surface area contributed by atoms with E-state index in [0.717, 1.165) is 22.4 Å². The molecule has 2 nitrogen and oxygen atoms in total. The van der Waals surface area contributed by atoms with Gasteiger partial charge in [-0.1, -0.05) is 15.9 Å². The minimum Gasteiger partial charge on any atom is -0.397 e. The second kappa shape index (κ2) is 5.12. The lowest BCUT2D eigenvalue weighted by Crippen LogP contribution is -2.26. The molecule has 0 bridgehead atoms. The van der Waals surface area contributed by atoms with Crippen molar-refractivity contribution in [2.45, 2.75) is 18.6 Å². The van der Waals surface area contributed by atoms with Gasteiger partial charge in [-0.3, -0.25) is 0 Å². The first-order chi connectivity index (χ1) is 6.94. The van der Waals surface area contributed by atoms with Gasteiger partial charge in [0.15, 0.2) is 0 Å². The van der Waals surface area contributed by atoms with Gasteiger partial charge >= 0.3 is 0 Å². The maximum absolute atomic E-state index is 5.89.